The zero-order chi connectivity index (χ0) is 19.6. The predicted octanol–water partition coefficient (Wildman–Crippen LogP) is 3.77. The number of rotatable bonds is 5. The molecule has 3 rings (SSSR count). The van der Waals surface area contributed by atoms with Gasteiger partial charge in [0.25, 0.3) is 0 Å². The topological polar surface area (TPSA) is 67.9 Å². The number of nitrogens with zero attached hydrogens (tertiary/aromatic N) is 1. The van der Waals surface area contributed by atoms with Crippen LogP contribution in [0.3, 0.4) is 0 Å². The molecular formula is C20H21BrN2O4. The van der Waals surface area contributed by atoms with E-state index in [1.807, 2.05) is 25.1 Å². The zero-order valence-corrected chi connectivity index (χ0v) is 17.0. The van der Waals surface area contributed by atoms with E-state index in [1.54, 1.807) is 37.3 Å². The van der Waals surface area contributed by atoms with Gasteiger partial charge in [-0.3, -0.25) is 9.59 Å². The van der Waals surface area contributed by atoms with Crippen molar-refractivity contribution in [1.29, 1.82) is 0 Å². The molecule has 7 heteroatoms. The van der Waals surface area contributed by atoms with Crippen LogP contribution in [0, 0.1) is 12.8 Å². The first-order chi connectivity index (χ1) is 12.9. The number of amides is 2. The molecule has 0 bridgehead atoms. The van der Waals surface area contributed by atoms with E-state index in [4.69, 9.17) is 9.47 Å². The fourth-order valence-corrected chi connectivity index (χ4v) is 3.34. The second-order valence-electron chi connectivity index (χ2n) is 6.40. The van der Waals surface area contributed by atoms with E-state index in [2.05, 4.69) is 21.2 Å². The zero-order valence-electron chi connectivity index (χ0n) is 15.4. The average molecular weight is 433 g/mol. The molecule has 1 aliphatic heterocycles. The van der Waals surface area contributed by atoms with Crippen LogP contribution in [0.5, 0.6) is 11.5 Å². The van der Waals surface area contributed by atoms with Crippen LogP contribution in [0.4, 0.5) is 11.4 Å². The summed E-state index contributed by atoms with van der Waals surface area (Å²) >= 11 is 3.44. The summed E-state index contributed by atoms with van der Waals surface area (Å²) in [5.74, 6) is 0.464. The first kappa shape index (κ1) is 19.2. The number of benzene rings is 2. The molecule has 1 saturated heterocycles. The average Bonchev–Trinajstić information content (AvgIpc) is 3.06. The van der Waals surface area contributed by atoms with Crippen LogP contribution in [0.1, 0.15) is 12.0 Å². The first-order valence-corrected chi connectivity index (χ1v) is 9.31. The molecule has 27 heavy (non-hydrogen) atoms. The van der Waals surface area contributed by atoms with E-state index in [0.717, 1.165) is 10.0 Å². The molecule has 142 valence electrons. The third-order valence-corrected chi connectivity index (χ3v) is 5.49. The molecule has 0 aliphatic carbocycles. The van der Waals surface area contributed by atoms with Gasteiger partial charge in [-0.05, 0) is 42.8 Å². The van der Waals surface area contributed by atoms with Gasteiger partial charge < -0.3 is 19.7 Å². The lowest BCUT2D eigenvalue weighted by Crippen LogP contribution is -2.28. The van der Waals surface area contributed by atoms with Crippen molar-refractivity contribution in [2.45, 2.75) is 13.3 Å². The van der Waals surface area contributed by atoms with Crippen molar-refractivity contribution in [3.8, 4) is 11.5 Å². The first-order valence-electron chi connectivity index (χ1n) is 8.52. The van der Waals surface area contributed by atoms with E-state index >= 15 is 0 Å². The Bertz CT molecular complexity index is 884. The number of hydrogen-bond acceptors (Lipinski definition) is 4. The molecule has 0 unspecified atom stereocenters. The highest BCUT2D eigenvalue weighted by Crippen LogP contribution is 2.36. The van der Waals surface area contributed by atoms with Crippen LogP contribution >= 0.6 is 15.9 Å². The Balaban J connectivity index is 1.77. The van der Waals surface area contributed by atoms with E-state index in [0.29, 0.717) is 29.4 Å². The molecule has 1 fully saturated rings. The minimum atomic E-state index is -0.433. The van der Waals surface area contributed by atoms with Crippen molar-refractivity contribution in [3.05, 3.63) is 46.4 Å². The molecule has 0 saturated carbocycles. The molecule has 2 aromatic carbocycles. The number of anilines is 2. The number of halogens is 1. The van der Waals surface area contributed by atoms with E-state index in [-0.39, 0.29) is 18.2 Å². The van der Waals surface area contributed by atoms with Gasteiger partial charge in [-0.25, -0.2) is 0 Å². The summed E-state index contributed by atoms with van der Waals surface area (Å²) in [7, 11) is 3.11. The van der Waals surface area contributed by atoms with Crippen LogP contribution in [0.2, 0.25) is 0 Å². The fourth-order valence-electron chi connectivity index (χ4n) is 3.09. The van der Waals surface area contributed by atoms with Crippen molar-refractivity contribution in [2.75, 3.05) is 31.0 Å². The number of carbonyl (C=O) groups is 2. The molecular weight excluding hydrogens is 412 g/mol. The van der Waals surface area contributed by atoms with Gasteiger partial charge in [-0.2, -0.15) is 0 Å². The summed E-state index contributed by atoms with van der Waals surface area (Å²) in [5, 5.41) is 2.90. The number of hydrogen-bond donors (Lipinski definition) is 1. The van der Waals surface area contributed by atoms with Crippen LogP contribution in [0.15, 0.2) is 40.9 Å². The molecule has 1 aliphatic rings. The lowest BCUT2D eigenvalue weighted by Gasteiger charge is -2.20. The second-order valence-corrected chi connectivity index (χ2v) is 7.25. The highest BCUT2D eigenvalue weighted by atomic mass is 79.9. The van der Waals surface area contributed by atoms with E-state index < -0.39 is 5.92 Å². The largest absolute Gasteiger partial charge is 0.497 e. The lowest BCUT2D eigenvalue weighted by molar-refractivity contribution is -0.122. The number of ether oxygens (including phenoxy) is 2. The third-order valence-electron chi connectivity index (χ3n) is 4.60. The highest BCUT2D eigenvalue weighted by Gasteiger charge is 2.36. The van der Waals surface area contributed by atoms with Gasteiger partial charge in [0.2, 0.25) is 11.8 Å². The number of aryl methyl sites for hydroxylation is 1. The van der Waals surface area contributed by atoms with Gasteiger partial charge in [0, 0.05) is 29.2 Å². The maximum atomic E-state index is 12.7. The summed E-state index contributed by atoms with van der Waals surface area (Å²) in [4.78, 5) is 26.8. The Hall–Kier alpha value is -2.54. The quantitative estimate of drug-likeness (QED) is 0.780. The van der Waals surface area contributed by atoms with E-state index in [9.17, 15) is 9.59 Å². The van der Waals surface area contributed by atoms with Gasteiger partial charge >= 0.3 is 0 Å². The molecule has 1 heterocycles. The Kier molecular flexibility index (Phi) is 5.70. The van der Waals surface area contributed by atoms with Crippen LogP contribution < -0.4 is 19.7 Å². The number of nitrogens with one attached hydrogen (secondary N) is 1. The monoisotopic (exact) mass is 432 g/mol. The molecule has 1 N–H and O–H groups in total. The summed E-state index contributed by atoms with van der Waals surface area (Å²) in [6.07, 6.45) is 0.154. The highest BCUT2D eigenvalue weighted by molar-refractivity contribution is 9.10. The summed E-state index contributed by atoms with van der Waals surface area (Å²) in [6.45, 7) is 2.25. The molecule has 1 atom stereocenters. The van der Waals surface area contributed by atoms with E-state index in [1.165, 1.54) is 0 Å². The van der Waals surface area contributed by atoms with Crippen molar-refractivity contribution < 1.29 is 19.1 Å². The molecule has 0 aromatic heterocycles. The van der Waals surface area contributed by atoms with Crippen molar-refractivity contribution in [3.63, 3.8) is 0 Å². The predicted molar refractivity (Wildman–Crippen MR) is 108 cm³/mol. The van der Waals surface area contributed by atoms with Gasteiger partial charge in [0.1, 0.15) is 11.5 Å². The normalized spacial score (nSPS) is 16.4. The van der Waals surface area contributed by atoms with Crippen LogP contribution in [-0.2, 0) is 9.59 Å². The SMILES string of the molecule is COc1ccc(OC)c(N2C[C@H](C(=O)Nc3ccc(Br)c(C)c3)CC2=O)c1. The van der Waals surface area contributed by atoms with Crippen molar-refractivity contribution >= 4 is 39.1 Å². The standard InChI is InChI=1S/C20H21BrN2O4/c1-12-8-14(4-6-16(12)21)22-20(25)13-9-19(24)23(11-13)17-10-15(26-2)5-7-18(17)27-3/h4-8,10,13H,9,11H2,1-3H3,(H,22,25)/t13-/m1/s1. The van der Waals surface area contributed by atoms with Gasteiger partial charge in [-0.15, -0.1) is 0 Å². The van der Waals surface area contributed by atoms with Crippen LogP contribution in [0.25, 0.3) is 0 Å². The molecule has 2 amide bonds. The Morgan fingerprint density at radius 2 is 1.96 bits per heavy atom. The number of methoxy groups -OCH3 is 2. The maximum absolute atomic E-state index is 12.7. The minimum absolute atomic E-state index is 0.117. The van der Waals surface area contributed by atoms with Gasteiger partial charge in [0.15, 0.2) is 0 Å². The summed E-state index contributed by atoms with van der Waals surface area (Å²) < 4.78 is 11.6. The Morgan fingerprint density at radius 3 is 2.63 bits per heavy atom. The minimum Gasteiger partial charge on any atom is -0.497 e. The lowest BCUT2D eigenvalue weighted by atomic mass is 10.1. The van der Waals surface area contributed by atoms with Crippen molar-refractivity contribution in [2.24, 2.45) is 5.92 Å². The maximum Gasteiger partial charge on any atom is 0.229 e. The van der Waals surface area contributed by atoms with Gasteiger partial charge in [-0.1, -0.05) is 15.9 Å². The Labute approximate surface area is 166 Å². The third kappa shape index (κ3) is 4.08. The molecule has 2 aromatic rings. The summed E-state index contributed by atoms with van der Waals surface area (Å²) in [5.41, 5.74) is 2.35. The second kappa shape index (κ2) is 8.00. The van der Waals surface area contributed by atoms with Crippen molar-refractivity contribution in [1.82, 2.24) is 0 Å². The van der Waals surface area contributed by atoms with Gasteiger partial charge in [0.05, 0.1) is 25.8 Å². The van der Waals surface area contributed by atoms with Crippen LogP contribution in [-0.4, -0.2) is 32.6 Å². The Morgan fingerprint density at radius 1 is 1.19 bits per heavy atom. The molecule has 6 nitrogen and oxygen atoms in total. The summed E-state index contributed by atoms with van der Waals surface area (Å²) in [6, 6.07) is 10.9. The molecule has 0 radical (unpaired) electrons. The smallest absolute Gasteiger partial charge is 0.229 e. The number of carbonyl (C=O) groups excluding carboxylic acids is 2. The fraction of sp³-hybridized carbons (Fsp3) is 0.300. The molecule has 0 spiro atoms.